The Bertz CT molecular complexity index is 1420. The third-order valence-corrected chi connectivity index (χ3v) is 5.13. The molecule has 5 rings (SSSR count). The number of phenols is 1. The van der Waals surface area contributed by atoms with E-state index in [2.05, 4.69) is 9.97 Å². The third kappa shape index (κ3) is 5.58. The van der Waals surface area contributed by atoms with Gasteiger partial charge in [0.2, 0.25) is 0 Å². The molecule has 0 saturated heterocycles. The molecule has 172 valence electrons. The van der Waals surface area contributed by atoms with Gasteiger partial charge in [-0.15, -0.1) is 0 Å². The van der Waals surface area contributed by atoms with Crippen molar-refractivity contribution in [2.24, 2.45) is 0 Å². The van der Waals surface area contributed by atoms with Gasteiger partial charge in [0, 0.05) is 17.3 Å². The Morgan fingerprint density at radius 3 is 2.18 bits per heavy atom. The van der Waals surface area contributed by atoms with Gasteiger partial charge in [0.1, 0.15) is 11.3 Å². The highest BCUT2D eigenvalue weighted by molar-refractivity contribution is 6.04. The molecule has 0 bridgehead atoms. The number of hydrogen-bond acceptors (Lipinski definition) is 3. The molecule has 4 nitrogen and oxygen atoms in total. The zero-order chi connectivity index (χ0) is 24.5. The molecule has 0 amide bonds. The van der Waals surface area contributed by atoms with Crippen molar-refractivity contribution in [1.29, 1.82) is 0 Å². The topological polar surface area (TPSA) is 66.0 Å². The van der Waals surface area contributed by atoms with E-state index in [9.17, 15) is 9.90 Å². The largest absolute Gasteiger partial charge is 0.505 e. The molecule has 5 aromatic rings. The smallest absolute Gasteiger partial charge is 0.188 e. The van der Waals surface area contributed by atoms with Crippen LogP contribution in [0.1, 0.15) is 44.5 Å². The van der Waals surface area contributed by atoms with E-state index < -0.39 is 0 Å². The van der Waals surface area contributed by atoms with Crippen LogP contribution in [0, 0.1) is 20.8 Å². The summed E-state index contributed by atoms with van der Waals surface area (Å²) in [5.41, 5.74) is 4.66. The highest BCUT2D eigenvalue weighted by atomic mass is 16.3. The van der Waals surface area contributed by atoms with Crippen molar-refractivity contribution < 1.29 is 5.11 Å². The zero-order valence-electron chi connectivity index (χ0n) is 20.7. The molecule has 2 aromatic heterocycles. The van der Waals surface area contributed by atoms with Crippen LogP contribution < -0.4 is 5.43 Å². The molecule has 0 aliphatic rings. The van der Waals surface area contributed by atoms with Crippen LogP contribution in [0.4, 0.5) is 0 Å². The van der Waals surface area contributed by atoms with Gasteiger partial charge in [-0.2, -0.15) is 0 Å². The third-order valence-electron chi connectivity index (χ3n) is 5.13. The highest BCUT2D eigenvalue weighted by Crippen LogP contribution is 2.29. The second-order valence-corrected chi connectivity index (χ2v) is 7.26. The van der Waals surface area contributed by atoms with E-state index in [1.54, 1.807) is 12.1 Å². The van der Waals surface area contributed by atoms with Crippen molar-refractivity contribution in [3.8, 4) is 5.75 Å². The fourth-order valence-electron chi connectivity index (χ4n) is 3.65. The minimum absolute atomic E-state index is 0.0700. The van der Waals surface area contributed by atoms with Crippen molar-refractivity contribution in [3.63, 3.8) is 0 Å². The molecule has 0 spiro atoms. The van der Waals surface area contributed by atoms with E-state index in [0.717, 1.165) is 43.9 Å². The number of nitrogens with zero attached hydrogens (tertiary/aromatic N) is 1. The van der Waals surface area contributed by atoms with Gasteiger partial charge in [-0.25, -0.2) is 4.98 Å². The van der Waals surface area contributed by atoms with Crippen molar-refractivity contribution in [3.05, 3.63) is 93.9 Å². The van der Waals surface area contributed by atoms with Gasteiger partial charge in [0.25, 0.3) is 0 Å². The summed E-state index contributed by atoms with van der Waals surface area (Å²) in [4.78, 5) is 19.3. The standard InChI is InChI=1S/C13H9NO.C12H13NO.2C2H6/c15-11-5-1-3-9-6-7-10-4-2-8-14-13(10)12(9)11;1-7-6-8(2)12(14)11-10(7)5-4-9(3)13-11;2*1-2/h1-8,14H;4-6,14H,1-3H3;2*1-2H3. The lowest BCUT2D eigenvalue weighted by Gasteiger charge is -2.07. The van der Waals surface area contributed by atoms with Crippen LogP contribution in [0.15, 0.2) is 71.7 Å². The summed E-state index contributed by atoms with van der Waals surface area (Å²) in [6, 6.07) is 19.2. The molecule has 0 aliphatic heterocycles. The van der Waals surface area contributed by atoms with E-state index >= 15 is 0 Å². The minimum atomic E-state index is 0.0700. The van der Waals surface area contributed by atoms with Gasteiger partial charge in [0.05, 0.1) is 10.9 Å². The fourth-order valence-corrected chi connectivity index (χ4v) is 3.65. The molecule has 0 unspecified atom stereocenters. The summed E-state index contributed by atoms with van der Waals surface area (Å²) in [7, 11) is 0. The van der Waals surface area contributed by atoms with Gasteiger partial charge in [-0.1, -0.05) is 70.2 Å². The summed E-state index contributed by atoms with van der Waals surface area (Å²) < 4.78 is 0. The van der Waals surface area contributed by atoms with Crippen LogP contribution in [0.3, 0.4) is 0 Å². The number of phenolic OH excluding ortho intramolecular Hbond substituents is 1. The van der Waals surface area contributed by atoms with E-state index in [-0.39, 0.29) is 5.43 Å². The Labute approximate surface area is 196 Å². The molecule has 0 atom stereocenters. The maximum atomic E-state index is 11.8. The lowest BCUT2D eigenvalue weighted by Crippen LogP contribution is -1.99. The van der Waals surface area contributed by atoms with Crippen LogP contribution in [-0.2, 0) is 0 Å². The number of aromatic hydroxyl groups is 1. The minimum Gasteiger partial charge on any atom is -0.505 e. The molecule has 2 N–H and O–H groups in total. The number of nitrogens with one attached hydrogen (secondary N) is 1. The van der Waals surface area contributed by atoms with Gasteiger partial charge in [-0.05, 0) is 60.9 Å². The monoisotopic (exact) mass is 442 g/mol. The first-order valence-corrected chi connectivity index (χ1v) is 11.5. The number of hydrogen-bond donors (Lipinski definition) is 2. The molecule has 3 aromatic carbocycles. The average molecular weight is 443 g/mol. The van der Waals surface area contributed by atoms with Crippen molar-refractivity contribution in [1.82, 2.24) is 9.97 Å². The summed E-state index contributed by atoms with van der Waals surface area (Å²) in [6.07, 6.45) is 1.84. The van der Waals surface area contributed by atoms with E-state index in [1.807, 2.05) is 103 Å². The average Bonchev–Trinajstić information content (AvgIpc) is 2.85. The highest BCUT2D eigenvalue weighted by Gasteiger charge is 2.07. The van der Waals surface area contributed by atoms with Crippen LogP contribution in [0.5, 0.6) is 5.75 Å². The molecular weight excluding hydrogens is 408 g/mol. The normalized spacial score (nSPS) is 9.91. The second kappa shape index (κ2) is 11.8. The number of fused-ring (bicyclic) bond motifs is 4. The van der Waals surface area contributed by atoms with Crippen LogP contribution in [0.2, 0.25) is 0 Å². The zero-order valence-corrected chi connectivity index (χ0v) is 20.7. The predicted molar refractivity (Wildman–Crippen MR) is 142 cm³/mol. The molecule has 0 fully saturated rings. The number of pyridine rings is 2. The number of aromatic nitrogens is 2. The second-order valence-electron chi connectivity index (χ2n) is 7.26. The predicted octanol–water partition coefficient (Wildman–Crippen LogP) is 7.60. The molecule has 2 heterocycles. The Balaban J connectivity index is 0.000000204. The molecule has 0 aliphatic carbocycles. The van der Waals surface area contributed by atoms with E-state index in [0.29, 0.717) is 11.3 Å². The molecule has 33 heavy (non-hydrogen) atoms. The summed E-state index contributed by atoms with van der Waals surface area (Å²) >= 11 is 0. The van der Waals surface area contributed by atoms with Crippen molar-refractivity contribution >= 4 is 32.6 Å². The number of benzene rings is 3. The summed E-state index contributed by atoms with van der Waals surface area (Å²) in [6.45, 7) is 13.9. The summed E-state index contributed by atoms with van der Waals surface area (Å²) in [5.74, 6) is 0.300. The quantitative estimate of drug-likeness (QED) is 0.243. The number of aryl methyl sites for hydroxylation is 3. The number of rotatable bonds is 0. The Kier molecular flexibility index (Phi) is 9.17. The Morgan fingerprint density at radius 2 is 1.45 bits per heavy atom. The van der Waals surface area contributed by atoms with Crippen molar-refractivity contribution in [2.45, 2.75) is 48.5 Å². The first kappa shape index (κ1) is 25.6. The van der Waals surface area contributed by atoms with Crippen LogP contribution >= 0.6 is 0 Å². The Hall–Kier alpha value is -3.66. The van der Waals surface area contributed by atoms with Gasteiger partial charge in [0.15, 0.2) is 5.43 Å². The van der Waals surface area contributed by atoms with E-state index in [4.69, 9.17) is 0 Å². The number of H-pyrrole nitrogens is 1. The lowest BCUT2D eigenvalue weighted by molar-refractivity contribution is 0.476. The van der Waals surface area contributed by atoms with Gasteiger partial charge in [-0.3, -0.25) is 4.79 Å². The van der Waals surface area contributed by atoms with Crippen LogP contribution in [-0.4, -0.2) is 15.1 Å². The molecule has 0 radical (unpaired) electrons. The first-order chi connectivity index (χ1) is 16.0. The number of aromatic amines is 1. The van der Waals surface area contributed by atoms with Crippen molar-refractivity contribution in [2.75, 3.05) is 0 Å². The maximum absolute atomic E-state index is 11.8. The molecule has 0 saturated carbocycles. The van der Waals surface area contributed by atoms with Gasteiger partial charge < -0.3 is 10.1 Å². The fraction of sp³-hybridized carbons (Fsp3) is 0.241. The lowest BCUT2D eigenvalue weighted by atomic mass is 10.0. The van der Waals surface area contributed by atoms with Gasteiger partial charge >= 0.3 is 0 Å². The Morgan fingerprint density at radius 1 is 0.788 bits per heavy atom. The van der Waals surface area contributed by atoms with E-state index in [1.165, 1.54) is 0 Å². The summed E-state index contributed by atoms with van der Waals surface area (Å²) in [5, 5.41) is 13.7. The SMILES string of the molecule is CC.CC.Cc1ccc2c(C)cc(C)c(O)c2n1.O=c1cccc2ccc3ccc[nH]c3c12. The molecule has 4 heteroatoms. The molecular formula is C29H34N2O2. The maximum Gasteiger partial charge on any atom is 0.188 e. The van der Waals surface area contributed by atoms with Crippen LogP contribution in [0.25, 0.3) is 32.6 Å². The first-order valence-electron chi connectivity index (χ1n) is 11.5.